The van der Waals surface area contributed by atoms with E-state index in [1.165, 1.54) is 32.3 Å². The highest BCUT2D eigenvalue weighted by molar-refractivity contribution is 7.19. The Morgan fingerprint density at radius 3 is 2.29 bits per heavy atom. The van der Waals surface area contributed by atoms with Crippen LogP contribution in [0.25, 0.3) is 43.0 Å². The number of aromatic nitrogens is 1. The van der Waals surface area contributed by atoms with Gasteiger partial charge in [-0.15, -0.1) is 11.3 Å². The fraction of sp³-hybridized carbons (Fsp3) is 0. The molecule has 0 N–H and O–H groups in total. The van der Waals surface area contributed by atoms with E-state index < -0.39 is 0 Å². The first-order valence-electron chi connectivity index (χ1n) is 7.00. The molecule has 0 aliphatic heterocycles. The van der Waals surface area contributed by atoms with Crippen molar-refractivity contribution in [3.63, 3.8) is 0 Å². The van der Waals surface area contributed by atoms with E-state index in [0.29, 0.717) is 0 Å². The van der Waals surface area contributed by atoms with Crippen LogP contribution in [0.3, 0.4) is 0 Å². The number of hydrogen-bond acceptors (Lipinski definition) is 2. The largest absolute Gasteiger partial charge is 0.235 e. The van der Waals surface area contributed by atoms with Crippen LogP contribution in [0, 0.1) is 0 Å². The number of benzene rings is 3. The van der Waals surface area contributed by atoms with Crippen molar-refractivity contribution in [1.29, 1.82) is 0 Å². The van der Waals surface area contributed by atoms with E-state index in [1.807, 2.05) is 6.07 Å². The van der Waals surface area contributed by atoms with E-state index in [2.05, 4.69) is 60.7 Å². The zero-order valence-corrected chi connectivity index (χ0v) is 12.0. The summed E-state index contributed by atoms with van der Waals surface area (Å²) in [5.74, 6) is 0. The summed E-state index contributed by atoms with van der Waals surface area (Å²) < 4.78 is 0. The molecule has 0 unspecified atom stereocenters. The molecule has 0 atom stereocenters. The average molecular weight is 285 g/mol. The van der Waals surface area contributed by atoms with E-state index in [1.54, 1.807) is 11.3 Å². The minimum absolute atomic E-state index is 1.10. The smallest absolute Gasteiger partial charge is 0.124 e. The second-order valence-corrected chi connectivity index (χ2v) is 6.27. The van der Waals surface area contributed by atoms with Crippen LogP contribution in [-0.4, -0.2) is 4.98 Å². The van der Waals surface area contributed by atoms with Gasteiger partial charge in [0.05, 0.1) is 10.6 Å². The molecule has 1 aliphatic carbocycles. The van der Waals surface area contributed by atoms with Crippen molar-refractivity contribution in [2.24, 2.45) is 0 Å². The Hall–Kier alpha value is -2.45. The van der Waals surface area contributed by atoms with Gasteiger partial charge in [-0.1, -0.05) is 66.7 Å². The lowest BCUT2D eigenvalue weighted by Crippen LogP contribution is -1.79. The summed E-state index contributed by atoms with van der Waals surface area (Å²) in [7, 11) is 0. The average Bonchev–Trinajstić information content (AvgIpc) is 3.10. The lowest BCUT2D eigenvalue weighted by atomic mass is 10.0. The molecule has 0 spiro atoms. The predicted octanol–water partition coefficient (Wildman–Crippen LogP) is 5.61. The molecule has 0 saturated carbocycles. The Balaban J connectivity index is 1.82. The predicted molar refractivity (Wildman–Crippen MR) is 89.5 cm³/mol. The Morgan fingerprint density at radius 1 is 0.714 bits per heavy atom. The lowest BCUT2D eigenvalue weighted by molar-refractivity contribution is 1.42. The summed E-state index contributed by atoms with van der Waals surface area (Å²) in [5, 5.41) is 3.76. The molecule has 21 heavy (non-hydrogen) atoms. The molecular weight excluding hydrogens is 274 g/mol. The summed E-state index contributed by atoms with van der Waals surface area (Å²) in [4.78, 5) is 6.23. The molecule has 1 heterocycles. The number of rotatable bonds is 1. The monoisotopic (exact) mass is 285 g/mol. The number of fused-ring (bicyclic) bond motifs is 3. The Kier molecular flexibility index (Phi) is 2.15. The van der Waals surface area contributed by atoms with E-state index in [4.69, 9.17) is 4.98 Å². The first kappa shape index (κ1) is 11.2. The number of thiazole rings is 1. The highest BCUT2D eigenvalue weighted by atomic mass is 32.1. The molecule has 0 bridgehead atoms. The third-order valence-corrected chi connectivity index (χ3v) is 5.19. The zero-order valence-electron chi connectivity index (χ0n) is 11.2. The Morgan fingerprint density at radius 2 is 1.48 bits per heavy atom. The molecule has 0 radical (unpaired) electrons. The number of nitrogens with zero attached hydrogens (tertiary/aromatic N) is 1. The van der Waals surface area contributed by atoms with E-state index in [0.717, 1.165) is 10.7 Å². The van der Waals surface area contributed by atoms with Crippen molar-refractivity contribution in [2.45, 2.75) is 0 Å². The van der Waals surface area contributed by atoms with Crippen LogP contribution in [-0.2, 0) is 0 Å². The van der Waals surface area contributed by atoms with Gasteiger partial charge in [0.1, 0.15) is 5.01 Å². The second-order valence-electron chi connectivity index (χ2n) is 5.27. The van der Waals surface area contributed by atoms with Crippen LogP contribution in [0.1, 0.15) is 0 Å². The van der Waals surface area contributed by atoms with E-state index >= 15 is 0 Å². The topological polar surface area (TPSA) is 12.9 Å². The molecule has 5 rings (SSSR count). The molecule has 1 aromatic heterocycles. The van der Waals surface area contributed by atoms with E-state index in [9.17, 15) is 0 Å². The summed E-state index contributed by atoms with van der Waals surface area (Å²) in [5.41, 5.74) is 4.95. The van der Waals surface area contributed by atoms with Crippen LogP contribution < -0.4 is 0 Å². The van der Waals surface area contributed by atoms with Gasteiger partial charge in [0, 0.05) is 16.7 Å². The summed E-state index contributed by atoms with van der Waals surface area (Å²) in [6.07, 6.45) is 0. The van der Waals surface area contributed by atoms with Crippen molar-refractivity contribution in [2.75, 3.05) is 0 Å². The lowest BCUT2D eigenvalue weighted by Gasteiger charge is -2.01. The van der Waals surface area contributed by atoms with Crippen molar-refractivity contribution in [1.82, 2.24) is 4.98 Å². The summed E-state index contributed by atoms with van der Waals surface area (Å²) in [6.45, 7) is 0. The molecule has 3 aromatic carbocycles. The molecule has 2 heteroatoms. The maximum absolute atomic E-state index is 4.92. The first-order chi connectivity index (χ1) is 10.4. The third-order valence-electron chi connectivity index (χ3n) is 4.05. The Labute approximate surface area is 126 Å². The normalized spacial score (nSPS) is 11.8. The van der Waals surface area contributed by atoms with Crippen LogP contribution in [0.15, 0.2) is 66.7 Å². The maximum atomic E-state index is 4.92. The molecule has 4 aromatic rings. The SMILES string of the molecule is c1ccc(-c2nc3c(s2)-c2cccc4cccc-3c24)cc1. The van der Waals surface area contributed by atoms with Gasteiger partial charge in [0.25, 0.3) is 0 Å². The molecule has 0 fully saturated rings. The third kappa shape index (κ3) is 1.48. The maximum Gasteiger partial charge on any atom is 0.124 e. The fourth-order valence-corrected chi connectivity index (χ4v) is 4.23. The van der Waals surface area contributed by atoms with Crippen molar-refractivity contribution in [3.05, 3.63) is 66.7 Å². The quantitative estimate of drug-likeness (QED) is 0.390. The highest BCUT2D eigenvalue weighted by Crippen LogP contribution is 2.50. The number of hydrogen-bond donors (Lipinski definition) is 0. The van der Waals surface area contributed by atoms with Gasteiger partial charge in [0.15, 0.2) is 0 Å². The van der Waals surface area contributed by atoms with Crippen LogP contribution >= 0.6 is 11.3 Å². The van der Waals surface area contributed by atoms with Gasteiger partial charge in [0.2, 0.25) is 0 Å². The molecule has 1 nitrogen and oxygen atoms in total. The molecule has 0 saturated heterocycles. The summed E-state index contributed by atoms with van der Waals surface area (Å²) >= 11 is 1.79. The van der Waals surface area contributed by atoms with Gasteiger partial charge in [-0.25, -0.2) is 4.98 Å². The van der Waals surface area contributed by atoms with Crippen LogP contribution in [0.5, 0.6) is 0 Å². The molecule has 98 valence electrons. The molecular formula is C19H11NS. The van der Waals surface area contributed by atoms with Crippen LogP contribution in [0.2, 0.25) is 0 Å². The van der Waals surface area contributed by atoms with Crippen molar-refractivity contribution in [3.8, 4) is 32.3 Å². The zero-order chi connectivity index (χ0) is 13.8. The first-order valence-corrected chi connectivity index (χ1v) is 7.82. The fourth-order valence-electron chi connectivity index (χ4n) is 3.12. The van der Waals surface area contributed by atoms with E-state index in [-0.39, 0.29) is 0 Å². The van der Waals surface area contributed by atoms with Crippen molar-refractivity contribution >= 4 is 22.1 Å². The van der Waals surface area contributed by atoms with Gasteiger partial charge < -0.3 is 0 Å². The van der Waals surface area contributed by atoms with Gasteiger partial charge in [-0.05, 0) is 10.8 Å². The minimum atomic E-state index is 1.10. The van der Waals surface area contributed by atoms with Crippen molar-refractivity contribution < 1.29 is 0 Å². The van der Waals surface area contributed by atoms with Gasteiger partial charge in [-0.2, -0.15) is 0 Å². The van der Waals surface area contributed by atoms with Gasteiger partial charge in [-0.3, -0.25) is 0 Å². The standard InChI is InChI=1S/C19H11NS/c1-2-6-13(7-3-1)19-20-17-14-10-4-8-12-9-5-11-15(16(12)14)18(17)21-19/h1-11H. The minimum Gasteiger partial charge on any atom is -0.235 e. The van der Waals surface area contributed by atoms with Crippen LogP contribution in [0.4, 0.5) is 0 Å². The summed E-state index contributed by atoms with van der Waals surface area (Å²) in [6, 6.07) is 23.4. The highest BCUT2D eigenvalue weighted by Gasteiger charge is 2.25. The van der Waals surface area contributed by atoms with Gasteiger partial charge >= 0.3 is 0 Å². The molecule has 0 amide bonds. The Bertz CT molecular complexity index is 927. The second kappa shape index (κ2) is 4.03. The molecule has 1 aliphatic rings.